The number of pyridine rings is 4. The first kappa shape index (κ1) is 89.5. The molecule has 8 heterocycles. The van der Waals surface area contributed by atoms with E-state index >= 15 is 0 Å². The van der Waals surface area contributed by atoms with Crippen LogP contribution in [0.25, 0.3) is 0 Å². The lowest BCUT2D eigenvalue weighted by atomic mass is 10.2. The van der Waals surface area contributed by atoms with Crippen molar-refractivity contribution in [3.63, 3.8) is 0 Å². The molecule has 0 saturated heterocycles. The summed E-state index contributed by atoms with van der Waals surface area (Å²) in [5.74, 6) is 1.67. The molecule has 12 heteroatoms. The van der Waals surface area contributed by atoms with Gasteiger partial charge in [0.2, 0.25) is 0 Å². The first-order chi connectivity index (χ1) is 38.3. The highest BCUT2D eigenvalue weighted by Gasteiger charge is 1.87. The van der Waals surface area contributed by atoms with E-state index in [-0.39, 0.29) is 0 Å². The van der Waals surface area contributed by atoms with Crippen LogP contribution in [0.3, 0.4) is 0 Å². The maximum absolute atomic E-state index is 4.17. The predicted octanol–water partition coefficient (Wildman–Crippen LogP) is 19.4. The summed E-state index contributed by atoms with van der Waals surface area (Å²) < 4.78 is 0. The first-order valence-corrected chi connectivity index (χ1v) is 28.9. The van der Waals surface area contributed by atoms with Gasteiger partial charge in [0, 0.05) is 96.6 Å². The van der Waals surface area contributed by atoms with E-state index in [4.69, 9.17) is 0 Å². The Morgan fingerprint density at radius 3 is 0.762 bits per heavy atom. The average molecular weight is 1100 g/mol. The molecule has 0 N–H and O–H groups in total. The largest absolute Gasteiger partial charge is 0.264 e. The van der Waals surface area contributed by atoms with Gasteiger partial charge in [-0.05, 0) is 181 Å². The predicted molar refractivity (Wildman–Crippen MR) is 352 cm³/mol. The third kappa shape index (κ3) is 65.2. The smallest absolute Gasteiger partial charge is 0.125 e. The highest BCUT2D eigenvalue weighted by Crippen LogP contribution is 1.99. The molecular formula is C68H116N12. The Morgan fingerprint density at radius 2 is 0.550 bits per heavy atom. The van der Waals surface area contributed by atoms with Gasteiger partial charge < -0.3 is 0 Å². The van der Waals surface area contributed by atoms with Crippen molar-refractivity contribution in [2.75, 3.05) is 0 Å². The van der Waals surface area contributed by atoms with Gasteiger partial charge in [0.05, 0.1) is 22.8 Å². The van der Waals surface area contributed by atoms with Crippen LogP contribution in [0.4, 0.5) is 0 Å². The van der Waals surface area contributed by atoms with Gasteiger partial charge in [0.1, 0.15) is 11.6 Å². The first-order valence-electron chi connectivity index (χ1n) is 28.9. The number of rotatable bonds is 0. The molecule has 448 valence electrons. The van der Waals surface area contributed by atoms with Crippen molar-refractivity contribution in [1.82, 2.24) is 59.8 Å². The fourth-order valence-electron chi connectivity index (χ4n) is 4.84. The third-order valence-electron chi connectivity index (χ3n) is 7.75. The van der Waals surface area contributed by atoms with E-state index in [1.807, 2.05) is 281 Å². The van der Waals surface area contributed by atoms with Crippen molar-refractivity contribution < 1.29 is 0 Å². The lowest BCUT2D eigenvalue weighted by molar-refractivity contribution is 1.01. The van der Waals surface area contributed by atoms with Crippen LogP contribution in [0.5, 0.6) is 0 Å². The standard InChI is InChI=1S/4C7H9N.4C6H8N2.8C2H6/c1-6-3-7(2)5-8-4-6;2*1-6-3-4-8-7(2)5-6;1-6-4-3-5-7(2)8-6;1-5-3-8-6(2)4-7-5;1-5-3-7-4-6(2)8-5;1-5-3-7-6(2)8-4-5;1-5-3-4-7-6(2)8-5;8*1-2/h4*3-5H,1-2H3;4*3-4H,1-2H3;8*1-2H3. The summed E-state index contributed by atoms with van der Waals surface area (Å²) >= 11 is 0. The molecule has 0 radical (unpaired) electrons. The molecule has 8 aromatic heterocycles. The van der Waals surface area contributed by atoms with Crippen molar-refractivity contribution in [3.8, 4) is 0 Å². The monoisotopic (exact) mass is 1100 g/mol. The van der Waals surface area contributed by atoms with Crippen molar-refractivity contribution in [3.05, 3.63) is 213 Å². The van der Waals surface area contributed by atoms with E-state index in [0.29, 0.717) is 0 Å². The fourth-order valence-corrected chi connectivity index (χ4v) is 4.84. The summed E-state index contributed by atoms with van der Waals surface area (Å²) in [6.45, 7) is 63.6. The second-order valence-corrected chi connectivity index (χ2v) is 15.1. The van der Waals surface area contributed by atoms with Gasteiger partial charge in [0.15, 0.2) is 0 Å². The van der Waals surface area contributed by atoms with Crippen LogP contribution in [0, 0.1) is 111 Å². The van der Waals surface area contributed by atoms with Gasteiger partial charge in [-0.1, -0.05) is 123 Å². The van der Waals surface area contributed by atoms with Crippen molar-refractivity contribution >= 4 is 0 Å². The van der Waals surface area contributed by atoms with Crippen LogP contribution < -0.4 is 0 Å². The molecule has 0 aliphatic heterocycles. The second kappa shape index (κ2) is 68.0. The summed E-state index contributed by atoms with van der Waals surface area (Å²) in [5.41, 5.74) is 15.4. The molecule has 0 spiro atoms. The Morgan fingerprint density at radius 1 is 0.212 bits per heavy atom. The quantitative estimate of drug-likeness (QED) is 0.142. The molecule has 0 fully saturated rings. The SMILES string of the molecule is CC.CC.CC.CC.CC.CC.CC.CC.Cc1cccc(C)n1.Cc1ccnc(C)c1.Cc1ccnc(C)c1.Cc1ccnc(C)n1.Cc1cnc(C)cn1.Cc1cnc(C)nc1.Cc1cncc(C)c1.Cc1cncc(C)n1. The molecule has 0 saturated carbocycles. The van der Waals surface area contributed by atoms with Gasteiger partial charge in [0.25, 0.3) is 0 Å². The Labute approximate surface area is 492 Å². The molecule has 0 aromatic carbocycles. The molecule has 0 amide bonds. The average Bonchev–Trinajstić information content (AvgIpc) is 3.46. The summed E-state index contributed by atoms with van der Waals surface area (Å²) in [5, 5.41) is 0. The van der Waals surface area contributed by atoms with E-state index in [9.17, 15) is 0 Å². The zero-order chi connectivity index (χ0) is 63.9. The number of aryl methyl sites for hydroxylation is 16. The summed E-state index contributed by atoms with van der Waals surface area (Å²) in [6, 6.07) is 18.1. The highest BCUT2D eigenvalue weighted by molar-refractivity contribution is 5.15. The van der Waals surface area contributed by atoms with Crippen LogP contribution in [0.15, 0.2) is 123 Å². The van der Waals surface area contributed by atoms with Gasteiger partial charge in [-0.15, -0.1) is 0 Å². The number of aromatic nitrogens is 12. The second-order valence-electron chi connectivity index (χ2n) is 15.1. The van der Waals surface area contributed by atoms with Crippen molar-refractivity contribution in [2.45, 2.75) is 222 Å². The summed E-state index contributed by atoms with van der Waals surface area (Å²) in [6.07, 6.45) is 19.7. The number of hydrogen-bond acceptors (Lipinski definition) is 12. The molecule has 0 aliphatic carbocycles. The topological polar surface area (TPSA) is 155 Å². The van der Waals surface area contributed by atoms with Crippen LogP contribution in [-0.2, 0) is 0 Å². The zero-order valence-electron chi connectivity index (χ0n) is 56.9. The molecule has 8 rings (SSSR count). The molecule has 0 aliphatic rings. The highest BCUT2D eigenvalue weighted by atomic mass is 14.9. The minimum Gasteiger partial charge on any atom is -0.264 e. The van der Waals surface area contributed by atoms with Crippen LogP contribution in [-0.4, -0.2) is 59.8 Å². The Hall–Kier alpha value is -7.08. The minimum absolute atomic E-state index is 0.829. The van der Waals surface area contributed by atoms with E-state index in [1.165, 1.54) is 22.3 Å². The molecule has 0 unspecified atom stereocenters. The van der Waals surface area contributed by atoms with Gasteiger partial charge in [-0.25, -0.2) is 19.9 Å². The summed E-state index contributed by atoms with van der Waals surface area (Å²) in [7, 11) is 0. The minimum atomic E-state index is 0.829. The molecule has 12 nitrogen and oxygen atoms in total. The Bertz CT molecular complexity index is 1950. The normalized spacial score (nSPS) is 8.00. The van der Waals surface area contributed by atoms with Gasteiger partial charge in [-0.3, -0.25) is 39.9 Å². The van der Waals surface area contributed by atoms with E-state index in [1.54, 1.807) is 31.0 Å². The summed E-state index contributed by atoms with van der Waals surface area (Å²) in [4.78, 5) is 48.2. The van der Waals surface area contributed by atoms with Gasteiger partial charge in [-0.2, -0.15) is 0 Å². The van der Waals surface area contributed by atoms with Crippen LogP contribution in [0.1, 0.15) is 201 Å². The molecule has 0 atom stereocenters. The van der Waals surface area contributed by atoms with Crippen molar-refractivity contribution in [1.29, 1.82) is 0 Å². The van der Waals surface area contributed by atoms with Crippen LogP contribution >= 0.6 is 0 Å². The number of hydrogen-bond donors (Lipinski definition) is 0. The lowest BCUT2D eigenvalue weighted by Crippen LogP contribution is -1.86. The van der Waals surface area contributed by atoms with E-state index in [0.717, 1.165) is 68.5 Å². The van der Waals surface area contributed by atoms with Crippen LogP contribution in [0.2, 0.25) is 0 Å². The molecular weight excluding hydrogens is 985 g/mol. The maximum Gasteiger partial charge on any atom is 0.125 e. The zero-order valence-corrected chi connectivity index (χ0v) is 56.9. The van der Waals surface area contributed by atoms with Gasteiger partial charge >= 0.3 is 0 Å². The van der Waals surface area contributed by atoms with Crippen molar-refractivity contribution in [2.24, 2.45) is 0 Å². The van der Waals surface area contributed by atoms with E-state index < -0.39 is 0 Å². The molecule has 8 aromatic rings. The fraction of sp³-hybridized carbons (Fsp3) is 0.471. The lowest BCUT2D eigenvalue weighted by Gasteiger charge is -1.90. The Kier molecular flexibility index (Phi) is 76.1. The number of nitrogens with zero attached hydrogens (tertiary/aromatic N) is 12. The molecule has 80 heavy (non-hydrogen) atoms. The molecule has 0 bridgehead atoms. The third-order valence-corrected chi connectivity index (χ3v) is 7.75. The Balaban J connectivity index is -0.000000119. The van der Waals surface area contributed by atoms with E-state index in [2.05, 4.69) is 91.9 Å². The maximum atomic E-state index is 4.17.